The number of nitrogens with zero attached hydrogens (tertiary/aromatic N) is 1. The van der Waals surface area contributed by atoms with Gasteiger partial charge >= 0.3 is 0 Å². The molecule has 0 amide bonds. The third-order valence-corrected chi connectivity index (χ3v) is 3.86. The maximum absolute atomic E-state index is 12.9. The van der Waals surface area contributed by atoms with Gasteiger partial charge < -0.3 is 14.6 Å². The third kappa shape index (κ3) is 2.37. The maximum atomic E-state index is 12.9. The molecule has 1 aliphatic rings. The molecule has 1 aromatic carbocycles. The molecule has 3 rings (SSSR count). The number of hydrogen-bond acceptors (Lipinski definition) is 5. The Hall–Kier alpha value is -2.66. The van der Waals surface area contributed by atoms with Crippen LogP contribution >= 0.6 is 0 Å². The zero-order chi connectivity index (χ0) is 17.3. The first-order chi connectivity index (χ1) is 11.5. The van der Waals surface area contributed by atoms with Gasteiger partial charge in [0.2, 0.25) is 11.4 Å². The van der Waals surface area contributed by atoms with E-state index in [-0.39, 0.29) is 17.6 Å². The lowest BCUT2D eigenvalue weighted by atomic mass is 9.72. The van der Waals surface area contributed by atoms with Gasteiger partial charge in [-0.25, -0.2) is 0 Å². The molecule has 0 bridgehead atoms. The molecule has 24 heavy (non-hydrogen) atoms. The summed E-state index contributed by atoms with van der Waals surface area (Å²) in [5.41, 5.74) is -0.702. The molecular formula is C19H19NO4. The number of benzene rings is 1. The molecule has 1 unspecified atom stereocenters. The van der Waals surface area contributed by atoms with Gasteiger partial charge in [-0.2, -0.15) is 0 Å². The monoisotopic (exact) mass is 325 g/mol. The molecule has 0 fully saturated rings. The van der Waals surface area contributed by atoms with Crippen LogP contribution in [0.1, 0.15) is 25.1 Å². The number of methoxy groups -OCH3 is 1. The van der Waals surface area contributed by atoms with Crippen molar-refractivity contribution in [1.29, 1.82) is 0 Å². The number of Topliss-reactive ketones (excluding diaryl/α,β-unsaturated/α-hetero) is 1. The number of hydrogen-bond donors (Lipinski definition) is 1. The van der Waals surface area contributed by atoms with E-state index in [1.165, 1.54) is 13.3 Å². The summed E-state index contributed by atoms with van der Waals surface area (Å²) < 4.78 is 11.1. The second-order valence-electron chi connectivity index (χ2n) is 5.83. The molecule has 0 spiro atoms. The first kappa shape index (κ1) is 16.2. The summed E-state index contributed by atoms with van der Waals surface area (Å²) in [6.45, 7) is 3.68. The second-order valence-corrected chi connectivity index (χ2v) is 5.83. The van der Waals surface area contributed by atoms with Gasteiger partial charge in [-0.15, -0.1) is 0 Å². The first-order valence-electron chi connectivity index (χ1n) is 7.73. The lowest BCUT2D eigenvalue weighted by molar-refractivity contribution is -0.139. The van der Waals surface area contributed by atoms with Gasteiger partial charge in [0.1, 0.15) is 11.4 Å². The molecule has 0 saturated carbocycles. The number of aromatic nitrogens is 1. The number of aliphatic hydroxyl groups is 1. The van der Waals surface area contributed by atoms with Crippen molar-refractivity contribution in [2.45, 2.75) is 25.6 Å². The average molecular weight is 325 g/mol. The standard InChI is InChI=1S/C19H19NO4/c1-12(2)24-18-15(13-8-5-4-6-9-13)17(21)19(18,22)16-14(23-3)10-7-11-20-16/h4-12,22H,1-3H3. The van der Waals surface area contributed by atoms with Crippen LogP contribution in [0.5, 0.6) is 5.75 Å². The van der Waals surface area contributed by atoms with Crippen LogP contribution in [0.25, 0.3) is 5.57 Å². The quantitative estimate of drug-likeness (QED) is 0.915. The average Bonchev–Trinajstić information content (AvgIpc) is 2.61. The highest BCUT2D eigenvalue weighted by atomic mass is 16.5. The molecule has 1 N–H and O–H groups in total. The summed E-state index contributed by atoms with van der Waals surface area (Å²) >= 11 is 0. The minimum absolute atomic E-state index is 0.146. The molecule has 1 heterocycles. The van der Waals surface area contributed by atoms with Crippen molar-refractivity contribution < 1.29 is 19.4 Å². The maximum Gasteiger partial charge on any atom is 0.232 e. The van der Waals surface area contributed by atoms with E-state index >= 15 is 0 Å². The van der Waals surface area contributed by atoms with Crippen molar-refractivity contribution in [1.82, 2.24) is 4.98 Å². The van der Waals surface area contributed by atoms with E-state index in [1.54, 1.807) is 12.1 Å². The fraction of sp³-hybridized carbons (Fsp3) is 0.263. The van der Waals surface area contributed by atoms with Gasteiger partial charge in [-0.1, -0.05) is 30.3 Å². The Balaban J connectivity index is 2.18. The predicted molar refractivity (Wildman–Crippen MR) is 89.3 cm³/mol. The Morgan fingerprint density at radius 2 is 1.83 bits per heavy atom. The number of rotatable bonds is 5. The molecule has 5 heteroatoms. The highest BCUT2D eigenvalue weighted by molar-refractivity contribution is 6.33. The second kappa shape index (κ2) is 6.09. The van der Waals surface area contributed by atoms with E-state index in [0.29, 0.717) is 16.9 Å². The fourth-order valence-corrected chi connectivity index (χ4v) is 2.79. The van der Waals surface area contributed by atoms with Gasteiger partial charge in [-0.3, -0.25) is 9.78 Å². The van der Waals surface area contributed by atoms with Crippen molar-refractivity contribution in [3.05, 3.63) is 65.7 Å². The number of carbonyl (C=O) groups excluding carboxylic acids is 1. The van der Waals surface area contributed by atoms with Crippen molar-refractivity contribution in [3.8, 4) is 5.75 Å². The number of ether oxygens (including phenoxy) is 2. The van der Waals surface area contributed by atoms with Crippen molar-refractivity contribution in [2.75, 3.05) is 7.11 Å². The van der Waals surface area contributed by atoms with Gasteiger partial charge in [0.15, 0.2) is 5.76 Å². The smallest absolute Gasteiger partial charge is 0.232 e. The van der Waals surface area contributed by atoms with Crippen molar-refractivity contribution >= 4 is 11.4 Å². The highest BCUT2D eigenvalue weighted by Crippen LogP contribution is 2.50. The van der Waals surface area contributed by atoms with E-state index in [2.05, 4.69) is 4.98 Å². The Kier molecular flexibility index (Phi) is 4.11. The van der Waals surface area contributed by atoms with Crippen LogP contribution in [-0.4, -0.2) is 29.1 Å². The molecule has 0 aliphatic heterocycles. The largest absolute Gasteiger partial charge is 0.495 e. The molecule has 124 valence electrons. The Bertz CT molecular complexity index is 798. The summed E-state index contributed by atoms with van der Waals surface area (Å²) in [4.78, 5) is 17.0. The lowest BCUT2D eigenvalue weighted by Gasteiger charge is -2.40. The van der Waals surface area contributed by atoms with E-state index in [9.17, 15) is 9.90 Å². The highest BCUT2D eigenvalue weighted by Gasteiger charge is 2.59. The molecular weight excluding hydrogens is 306 g/mol. The van der Waals surface area contributed by atoms with E-state index in [1.807, 2.05) is 44.2 Å². The molecule has 1 atom stereocenters. The SMILES string of the molecule is COc1cccnc1C1(O)C(=O)C(c2ccccc2)=C1OC(C)C. The number of carbonyl (C=O) groups is 1. The number of pyridine rings is 1. The van der Waals surface area contributed by atoms with Crippen LogP contribution < -0.4 is 4.74 Å². The summed E-state index contributed by atoms with van der Waals surface area (Å²) in [5, 5.41) is 11.1. The normalized spacial score (nSPS) is 20.1. The van der Waals surface area contributed by atoms with Crippen LogP contribution in [-0.2, 0) is 15.1 Å². The van der Waals surface area contributed by atoms with Crippen LogP contribution in [0.15, 0.2) is 54.4 Å². The van der Waals surface area contributed by atoms with E-state index in [4.69, 9.17) is 9.47 Å². The lowest BCUT2D eigenvalue weighted by Crippen LogP contribution is -2.49. The molecule has 0 radical (unpaired) electrons. The van der Waals surface area contributed by atoms with Crippen LogP contribution in [0.4, 0.5) is 0 Å². The van der Waals surface area contributed by atoms with Crippen molar-refractivity contribution in [3.63, 3.8) is 0 Å². The van der Waals surface area contributed by atoms with E-state index < -0.39 is 11.4 Å². The molecule has 0 saturated heterocycles. The minimum Gasteiger partial charge on any atom is -0.495 e. The molecule has 2 aromatic rings. The van der Waals surface area contributed by atoms with E-state index in [0.717, 1.165) is 0 Å². The summed E-state index contributed by atoms with van der Waals surface area (Å²) in [5.74, 6) is 0.109. The minimum atomic E-state index is -1.93. The predicted octanol–water partition coefficient (Wildman–Crippen LogP) is 2.70. The summed E-state index contributed by atoms with van der Waals surface area (Å²) in [6.07, 6.45) is 1.31. The topological polar surface area (TPSA) is 68.7 Å². The zero-order valence-corrected chi connectivity index (χ0v) is 13.8. The summed E-state index contributed by atoms with van der Waals surface area (Å²) in [6, 6.07) is 12.5. The molecule has 1 aliphatic carbocycles. The molecule has 5 nitrogen and oxygen atoms in total. The Labute approximate surface area is 140 Å². The van der Waals surface area contributed by atoms with Crippen LogP contribution in [0.2, 0.25) is 0 Å². The van der Waals surface area contributed by atoms with Crippen LogP contribution in [0, 0.1) is 0 Å². The summed E-state index contributed by atoms with van der Waals surface area (Å²) in [7, 11) is 1.47. The Morgan fingerprint density at radius 3 is 2.46 bits per heavy atom. The van der Waals surface area contributed by atoms with Crippen molar-refractivity contribution in [2.24, 2.45) is 0 Å². The van der Waals surface area contributed by atoms with Gasteiger partial charge in [0.05, 0.1) is 18.8 Å². The zero-order valence-electron chi connectivity index (χ0n) is 13.8. The van der Waals surface area contributed by atoms with Gasteiger partial charge in [-0.05, 0) is 31.5 Å². The Morgan fingerprint density at radius 1 is 1.12 bits per heavy atom. The third-order valence-electron chi connectivity index (χ3n) is 3.86. The number of ketones is 1. The molecule has 1 aromatic heterocycles. The first-order valence-corrected chi connectivity index (χ1v) is 7.73. The van der Waals surface area contributed by atoms with Gasteiger partial charge in [0, 0.05) is 6.20 Å². The van der Waals surface area contributed by atoms with Crippen LogP contribution in [0.3, 0.4) is 0 Å². The van der Waals surface area contributed by atoms with Gasteiger partial charge in [0.25, 0.3) is 0 Å². The fourth-order valence-electron chi connectivity index (χ4n) is 2.79.